The monoisotopic (exact) mass is 2020 g/mol. The molecule has 12 rings (SSSR count). The molecular weight excluding hydrogens is 1890 g/mol. The molecule has 6 aromatic rings. The Kier molecular flexibility index (Phi) is 40.5. The Morgan fingerprint density at radius 2 is 0.827 bits per heavy atom. The summed E-state index contributed by atoms with van der Waals surface area (Å²) in [6, 6.07) is 13.3. The van der Waals surface area contributed by atoms with Gasteiger partial charge in [0.15, 0.2) is 17.1 Å². The van der Waals surface area contributed by atoms with E-state index in [0.29, 0.717) is 78.4 Å². The summed E-state index contributed by atoms with van der Waals surface area (Å²) in [6.45, 7) is 37.7. The van der Waals surface area contributed by atoms with Crippen LogP contribution in [0.2, 0.25) is 77.1 Å². The second-order valence-corrected chi connectivity index (χ2v) is 58.4. The maximum absolute atomic E-state index is 13.3. The molecule has 133 heavy (non-hydrogen) atoms. The zero-order chi connectivity index (χ0) is 99.4. The number of aromatic nitrogens is 9. The van der Waals surface area contributed by atoms with Crippen LogP contribution in [-0.2, 0) is 105 Å². The first-order chi connectivity index (χ1) is 61.5. The van der Waals surface area contributed by atoms with E-state index in [1.807, 2.05) is 12.1 Å². The summed E-state index contributed by atoms with van der Waals surface area (Å²) in [4.78, 5) is 91.4. The highest BCUT2D eigenvalue weighted by molar-refractivity contribution is 9.10. The zero-order valence-corrected chi connectivity index (χ0v) is 84.6. The minimum Gasteiger partial charge on any atom is -0.400 e. The Morgan fingerprint density at radius 1 is 0.466 bits per heavy atom. The maximum Gasteiger partial charge on any atom is 0.534 e. The van der Waals surface area contributed by atoms with Crippen molar-refractivity contribution in [1.29, 1.82) is 0 Å². The molecule has 0 bridgehead atoms. The first-order valence-electron chi connectivity index (χ1n) is 44.7. The Labute approximate surface area is 783 Å². The van der Waals surface area contributed by atoms with Crippen molar-refractivity contribution >= 4 is 97.7 Å². The van der Waals surface area contributed by atoms with Crippen LogP contribution in [0.5, 0.6) is 0 Å². The van der Waals surface area contributed by atoms with Gasteiger partial charge in [0.05, 0.1) is 16.9 Å². The number of Topliss-reactive ketones (excluding diaryl/α,β-unsaturated/α-hetero) is 6. The Balaban J connectivity index is 0.000000225. The van der Waals surface area contributed by atoms with Crippen molar-refractivity contribution in [2.45, 2.75) is 310 Å². The molecule has 6 aliphatic rings. The number of hydrogen-bond donors (Lipinski definition) is 0. The number of hydrogen-bond acceptors (Lipinski definition) is 20. The van der Waals surface area contributed by atoms with Crippen LogP contribution in [0.4, 0.5) is 52.7 Å². The minimum atomic E-state index is -5.59. The molecule has 1 aliphatic heterocycles. The number of halogens is 13. The predicted molar refractivity (Wildman–Crippen MR) is 495 cm³/mol. The van der Waals surface area contributed by atoms with E-state index in [9.17, 15) is 89.9 Å². The minimum absolute atomic E-state index is 0.00221. The van der Waals surface area contributed by atoms with Gasteiger partial charge in [-0.05, 0) is 240 Å². The third-order valence-electron chi connectivity index (χ3n) is 24.1. The third kappa shape index (κ3) is 35.9. The molecule has 7 heterocycles. The molecule has 0 aromatic carbocycles. The summed E-state index contributed by atoms with van der Waals surface area (Å²) >= 11 is 3.20. The van der Waals surface area contributed by atoms with Crippen LogP contribution in [0.1, 0.15) is 206 Å². The van der Waals surface area contributed by atoms with E-state index in [-0.39, 0.29) is 133 Å². The molecule has 0 N–H and O–H groups in total. The summed E-state index contributed by atoms with van der Waals surface area (Å²) in [5.41, 5.74) is -3.34. The van der Waals surface area contributed by atoms with Gasteiger partial charge in [-0.25, -0.2) is 19.9 Å². The lowest BCUT2D eigenvalue weighted by Gasteiger charge is -2.32. The number of ketones is 6. The molecule has 2 saturated carbocycles. The molecule has 5 aliphatic carbocycles. The molecule has 41 heteroatoms. The molecule has 736 valence electrons. The van der Waals surface area contributed by atoms with Crippen LogP contribution in [0.15, 0.2) is 108 Å². The van der Waals surface area contributed by atoms with Crippen LogP contribution in [0.25, 0.3) is 39.7 Å². The number of rotatable bonds is 28. The van der Waals surface area contributed by atoms with Gasteiger partial charge in [-0.3, -0.25) is 38.7 Å². The summed E-state index contributed by atoms with van der Waals surface area (Å²) in [6.07, 6.45) is 11.2. The van der Waals surface area contributed by atoms with Gasteiger partial charge < -0.3 is 41.4 Å². The predicted octanol–water partition coefficient (Wildman–Crippen LogP) is 23.6. The average Bonchev–Trinajstić information content (AvgIpc) is 1.62. The van der Waals surface area contributed by atoms with Gasteiger partial charge in [-0.15, -0.1) is 0 Å². The summed E-state index contributed by atoms with van der Waals surface area (Å²) in [7, 11) is -9.66. The van der Waals surface area contributed by atoms with E-state index in [1.54, 1.807) is 70.4 Å². The number of imidazole rings is 3. The summed E-state index contributed by atoms with van der Waals surface area (Å²) in [5.74, 6) is 2.11. The molecule has 0 radical (unpaired) electrons. The first-order valence-corrected chi connectivity index (χ1v) is 58.0. The highest BCUT2D eigenvalue weighted by Crippen LogP contribution is 2.43. The lowest BCUT2D eigenvalue weighted by atomic mass is 9.70. The van der Waals surface area contributed by atoms with Crippen molar-refractivity contribution in [2.24, 2.45) is 29.6 Å². The fourth-order valence-corrected chi connectivity index (χ4v) is 17.8. The topological polar surface area (TPSA) is 284 Å². The summed E-state index contributed by atoms with van der Waals surface area (Å²) < 4.78 is 214. The Bertz CT molecular complexity index is 5090. The molecule has 3 atom stereocenters. The third-order valence-corrected chi connectivity index (χ3v) is 30.7. The molecule has 0 spiro atoms. The van der Waals surface area contributed by atoms with Crippen molar-refractivity contribution < 1.29 is 118 Å². The Hall–Kier alpha value is -7.77. The highest BCUT2D eigenvalue weighted by Gasteiger charge is 2.53. The van der Waals surface area contributed by atoms with Gasteiger partial charge in [0.25, 0.3) is 0 Å². The maximum atomic E-state index is 13.3. The fourth-order valence-electron chi connectivity index (χ4n) is 14.7. The molecule has 6 aromatic heterocycles. The zero-order valence-electron chi connectivity index (χ0n) is 79.1. The smallest absolute Gasteiger partial charge is 0.400 e. The first kappa shape index (κ1) is 112. The molecule has 23 nitrogen and oxygen atoms in total. The van der Waals surface area contributed by atoms with Gasteiger partial charge in [-0.1, -0.05) is 71.1 Å². The van der Waals surface area contributed by atoms with Gasteiger partial charge in [0, 0.05) is 158 Å². The number of nitrogens with zero attached hydrogens (tertiary/aromatic N) is 9. The largest absolute Gasteiger partial charge is 0.534 e. The van der Waals surface area contributed by atoms with Gasteiger partial charge >= 0.3 is 41.3 Å². The van der Waals surface area contributed by atoms with Gasteiger partial charge in [0.2, 0.25) is 0 Å². The lowest BCUT2D eigenvalue weighted by Crippen LogP contribution is -2.41. The molecule has 0 amide bonds. The van der Waals surface area contributed by atoms with Crippen molar-refractivity contribution in [1.82, 2.24) is 43.6 Å². The van der Waals surface area contributed by atoms with Crippen LogP contribution >= 0.6 is 15.9 Å². The average molecular weight is 2020 g/mol. The molecule has 3 fully saturated rings. The van der Waals surface area contributed by atoms with Crippen molar-refractivity contribution in [3.05, 3.63) is 136 Å². The number of carbonyl (C=O) groups is 6. The van der Waals surface area contributed by atoms with E-state index in [2.05, 4.69) is 143 Å². The number of carbonyl (C=O) groups excluding carboxylic acids is 6. The normalized spacial score (nSPS) is 19.7. The van der Waals surface area contributed by atoms with E-state index < -0.39 is 75.5 Å². The van der Waals surface area contributed by atoms with Gasteiger partial charge in [0.1, 0.15) is 82.7 Å². The molecule has 1 saturated heterocycles. The van der Waals surface area contributed by atoms with Crippen LogP contribution in [0.3, 0.4) is 0 Å². The number of pyridine rings is 3. The van der Waals surface area contributed by atoms with Crippen molar-refractivity contribution in [3.8, 4) is 34.2 Å². The quantitative estimate of drug-likeness (QED) is 0.0110. The Morgan fingerprint density at radius 3 is 1.14 bits per heavy atom. The van der Waals surface area contributed by atoms with Crippen LogP contribution in [-0.4, -0.2) is 155 Å². The van der Waals surface area contributed by atoms with Crippen molar-refractivity contribution in [2.75, 3.05) is 19.8 Å². The van der Waals surface area contributed by atoms with E-state index >= 15 is 0 Å². The number of ether oxygens (including phenoxy) is 3. The van der Waals surface area contributed by atoms with Crippen molar-refractivity contribution in [3.63, 3.8) is 0 Å². The fraction of sp³-hybridized carbons (Fsp3) is 0.609. The van der Waals surface area contributed by atoms with E-state index in [4.69, 9.17) is 23.5 Å². The lowest BCUT2D eigenvalue weighted by molar-refractivity contribution is -0.141. The molecule has 3 unspecified atom stereocenters. The van der Waals surface area contributed by atoms with E-state index in [1.165, 1.54) is 38.4 Å². The summed E-state index contributed by atoms with van der Waals surface area (Å²) in [5, 5.41) is 0. The van der Waals surface area contributed by atoms with Crippen LogP contribution in [0, 0.1) is 29.6 Å². The van der Waals surface area contributed by atoms with E-state index in [0.717, 1.165) is 124 Å². The van der Waals surface area contributed by atoms with Gasteiger partial charge in [-0.2, -0.15) is 61.1 Å². The standard InChI is InChI=1S/C23H32F3N3O2Si.C23H30F3N3O2Si.C15H19BrF3N3OSi.C14H23BO3.C9H11F3O4S.C8H12O2/c2*1-16(30)17-5-7-18(8-6-17)20-10-9-19(13-27-20)22-28-21(23(24,25)26)14-29(22)15-31-11-12-32(2,3)4;1-24(2,3)7-6-23-10-22-9-12(15(17,18)19)21-14(22)11-4-5-13(16)20-8-11;1-10(16)11-6-8-12(9-7-11)15-17-13(2,3)14(4,5)18-15;1-6(13)7-2-4-8(5-3-7)16-17(14,15)9(10,11)12;1-6(9)7-2-4-8(10)5-3-7/h9-10,13-14,17-18H,5-8,11-12,15H2,1-4H3;7,9-10,13-14,17H,5-6,8,11-12,15H2,1-4H3;4-5,8-9H,6-7,10H2,1-3H3;8,11H,6-7,9H2,1-5H3;4,7H,2-3,5H2,1H3;7H,2-5H2,1H3. The number of allylic oxidation sites excluding steroid dienone is 6. The second-order valence-electron chi connectivity index (χ2n) is 39.1. The second kappa shape index (κ2) is 48.0. The molecular formula is C92H127BBrF12N9O14SSi3. The van der Waals surface area contributed by atoms with Crippen LogP contribution < -0.4 is 0 Å². The SMILES string of the molecule is CC(=O)C1CC=C(B2OC(C)(C)C(C)(C)O2)CC1.CC(=O)C1CC=C(OS(=O)(=O)C(F)(F)F)CC1.CC(=O)C1CC=C(c2ccc(-c3nc(C(F)(F)F)cn3COCC[Si](C)(C)C)cn2)CC1.CC(=O)C1CCC(=O)CC1.CC(=O)C1CCC(c2ccc(-c3nc(C(F)(F)F)cn3COCC[Si](C)(C)C)cn2)CC1.C[Si](C)(C)CCOCn1cc(C(F)(F)F)nc1-c1ccc(Br)nc1. The number of alkyl halides is 12. The highest BCUT2D eigenvalue weighted by atomic mass is 79.9.